The largest absolute Gasteiger partial charge is 0.493 e. The Labute approximate surface area is 122 Å². The van der Waals surface area contributed by atoms with Crippen LogP contribution in [0.1, 0.15) is 20.3 Å². The van der Waals surface area contributed by atoms with Crippen LogP contribution in [0.4, 0.5) is 0 Å². The second kappa shape index (κ2) is 6.54. The number of aliphatic hydroxyl groups excluding tert-OH is 1. The average molecular weight is 290 g/mol. The Morgan fingerprint density at radius 3 is 2.76 bits per heavy atom. The fourth-order valence-electron chi connectivity index (χ4n) is 1.97. The minimum absolute atomic E-state index is 0.0539. The van der Waals surface area contributed by atoms with E-state index in [1.165, 1.54) is 13.0 Å². The second-order valence-electron chi connectivity index (χ2n) is 5.22. The molecule has 0 fully saturated rings. The van der Waals surface area contributed by atoms with Crippen molar-refractivity contribution in [3.05, 3.63) is 40.8 Å². The summed E-state index contributed by atoms with van der Waals surface area (Å²) < 4.78 is 10.7. The van der Waals surface area contributed by atoms with E-state index in [-0.39, 0.29) is 24.7 Å². The highest BCUT2D eigenvalue weighted by molar-refractivity contribution is 5.77. The van der Waals surface area contributed by atoms with Gasteiger partial charge in [-0.15, -0.1) is 0 Å². The van der Waals surface area contributed by atoms with E-state index in [1.54, 1.807) is 24.3 Å². The van der Waals surface area contributed by atoms with Crippen LogP contribution in [-0.2, 0) is 4.79 Å². The van der Waals surface area contributed by atoms with E-state index in [9.17, 15) is 14.7 Å². The van der Waals surface area contributed by atoms with Crippen LogP contribution in [0, 0.1) is 5.92 Å². The molecule has 0 aliphatic carbocycles. The molecule has 5 heteroatoms. The van der Waals surface area contributed by atoms with E-state index in [0.717, 1.165) is 5.39 Å². The van der Waals surface area contributed by atoms with Crippen LogP contribution >= 0.6 is 0 Å². The lowest BCUT2D eigenvalue weighted by molar-refractivity contribution is -0.119. The van der Waals surface area contributed by atoms with Gasteiger partial charge in [-0.05, 0) is 25.1 Å². The highest BCUT2D eigenvalue weighted by Gasteiger charge is 2.16. The number of hydrogen-bond donors (Lipinski definition) is 1. The molecular weight excluding hydrogens is 272 g/mol. The number of carbonyl (C=O) groups excluding carboxylic acids is 1. The van der Waals surface area contributed by atoms with Gasteiger partial charge < -0.3 is 14.3 Å². The van der Waals surface area contributed by atoms with Crippen molar-refractivity contribution >= 4 is 16.8 Å². The van der Waals surface area contributed by atoms with Gasteiger partial charge in [0.15, 0.2) is 0 Å². The number of ether oxygens (including phenoxy) is 1. The molecule has 0 unspecified atom stereocenters. The molecule has 0 radical (unpaired) electrons. The first kappa shape index (κ1) is 15.3. The Morgan fingerprint density at radius 2 is 2.05 bits per heavy atom. The van der Waals surface area contributed by atoms with Gasteiger partial charge in [-0.2, -0.15) is 0 Å². The van der Waals surface area contributed by atoms with E-state index < -0.39 is 11.7 Å². The lowest BCUT2D eigenvalue weighted by atomic mass is 10.0. The average Bonchev–Trinajstić information content (AvgIpc) is 2.43. The van der Waals surface area contributed by atoms with Gasteiger partial charge in [-0.1, -0.05) is 6.92 Å². The highest BCUT2D eigenvalue weighted by Crippen LogP contribution is 2.20. The molecule has 0 saturated heterocycles. The molecule has 1 N–H and O–H groups in total. The summed E-state index contributed by atoms with van der Waals surface area (Å²) in [5.41, 5.74) is 0.0434. The third-order valence-corrected chi connectivity index (χ3v) is 3.26. The zero-order valence-electron chi connectivity index (χ0n) is 12.0. The van der Waals surface area contributed by atoms with E-state index in [4.69, 9.17) is 9.15 Å². The molecule has 0 saturated carbocycles. The van der Waals surface area contributed by atoms with Crippen LogP contribution in [0.5, 0.6) is 5.75 Å². The van der Waals surface area contributed by atoms with Crippen LogP contribution in [-0.4, -0.2) is 23.6 Å². The molecule has 21 heavy (non-hydrogen) atoms. The molecule has 5 nitrogen and oxygen atoms in total. The summed E-state index contributed by atoms with van der Waals surface area (Å²) in [5, 5.41) is 10.6. The summed E-state index contributed by atoms with van der Waals surface area (Å²) in [5.74, 6) is 0.327. The van der Waals surface area contributed by atoms with Crippen molar-refractivity contribution in [1.82, 2.24) is 0 Å². The summed E-state index contributed by atoms with van der Waals surface area (Å²) >= 11 is 0. The Morgan fingerprint density at radius 1 is 1.33 bits per heavy atom. The fraction of sp³-hybridized carbons (Fsp3) is 0.375. The normalized spacial score (nSPS) is 13.9. The van der Waals surface area contributed by atoms with Gasteiger partial charge in [0, 0.05) is 29.9 Å². The highest BCUT2D eigenvalue weighted by atomic mass is 16.5. The maximum Gasteiger partial charge on any atom is 0.336 e. The lowest BCUT2D eigenvalue weighted by Gasteiger charge is -2.18. The van der Waals surface area contributed by atoms with Gasteiger partial charge in [0.2, 0.25) is 0 Å². The number of Topliss-reactive ketones (excluding diaryl/α,β-unsaturated/α-hetero) is 1. The van der Waals surface area contributed by atoms with Gasteiger partial charge in [0.25, 0.3) is 0 Å². The predicted molar refractivity (Wildman–Crippen MR) is 78.4 cm³/mol. The number of fused-ring (bicyclic) bond motifs is 1. The summed E-state index contributed by atoms with van der Waals surface area (Å²) in [6.45, 7) is 3.54. The molecule has 2 rings (SSSR count). The lowest BCUT2D eigenvalue weighted by Crippen LogP contribution is -2.25. The van der Waals surface area contributed by atoms with Crippen molar-refractivity contribution in [2.45, 2.75) is 26.4 Å². The minimum atomic E-state index is -0.721. The van der Waals surface area contributed by atoms with Crippen LogP contribution in [0.25, 0.3) is 11.0 Å². The predicted octanol–water partition coefficient (Wildman–Crippen LogP) is 2.15. The van der Waals surface area contributed by atoms with E-state index in [1.807, 2.05) is 6.92 Å². The first-order valence-electron chi connectivity index (χ1n) is 6.80. The second-order valence-corrected chi connectivity index (χ2v) is 5.22. The molecule has 0 bridgehead atoms. The minimum Gasteiger partial charge on any atom is -0.493 e. The molecule has 112 valence electrons. The van der Waals surface area contributed by atoms with E-state index in [2.05, 4.69) is 0 Å². The zero-order valence-corrected chi connectivity index (χ0v) is 12.0. The van der Waals surface area contributed by atoms with Gasteiger partial charge in [0.05, 0.1) is 12.7 Å². The number of aliphatic hydroxyl groups is 1. The summed E-state index contributed by atoms with van der Waals surface area (Å²) in [4.78, 5) is 22.1. The molecular formula is C16H18O5. The number of ketones is 1. The summed E-state index contributed by atoms with van der Waals surface area (Å²) in [6.07, 6.45) is -0.599. The van der Waals surface area contributed by atoms with Gasteiger partial charge >= 0.3 is 5.63 Å². The Balaban J connectivity index is 2.03. The quantitative estimate of drug-likeness (QED) is 0.825. The Hall–Kier alpha value is -2.14. The van der Waals surface area contributed by atoms with Crippen molar-refractivity contribution in [1.29, 1.82) is 0 Å². The zero-order chi connectivity index (χ0) is 15.4. The third kappa shape index (κ3) is 4.16. The van der Waals surface area contributed by atoms with Crippen LogP contribution in [0.3, 0.4) is 0 Å². The van der Waals surface area contributed by atoms with Crippen molar-refractivity contribution in [2.75, 3.05) is 6.61 Å². The first-order valence-corrected chi connectivity index (χ1v) is 6.80. The van der Waals surface area contributed by atoms with Crippen LogP contribution < -0.4 is 10.4 Å². The first-order chi connectivity index (χ1) is 9.95. The Kier molecular flexibility index (Phi) is 4.75. The van der Waals surface area contributed by atoms with Crippen molar-refractivity contribution < 1.29 is 19.1 Å². The van der Waals surface area contributed by atoms with Crippen LogP contribution in [0.15, 0.2) is 39.5 Å². The third-order valence-electron chi connectivity index (χ3n) is 3.26. The molecule has 2 atom stereocenters. The monoisotopic (exact) mass is 290 g/mol. The van der Waals surface area contributed by atoms with Crippen molar-refractivity contribution in [2.24, 2.45) is 5.92 Å². The van der Waals surface area contributed by atoms with Crippen molar-refractivity contribution in [3.63, 3.8) is 0 Å². The molecule has 1 aromatic heterocycles. The topological polar surface area (TPSA) is 76.7 Å². The molecule has 1 heterocycles. The molecule has 0 amide bonds. The number of carbonyl (C=O) groups is 1. The van der Waals surface area contributed by atoms with Crippen molar-refractivity contribution in [3.8, 4) is 5.75 Å². The maximum atomic E-state index is 11.2. The van der Waals surface area contributed by atoms with Gasteiger partial charge in [-0.3, -0.25) is 4.79 Å². The number of benzene rings is 1. The molecule has 2 aromatic rings. The summed E-state index contributed by atoms with van der Waals surface area (Å²) in [6, 6.07) is 8.25. The fourth-order valence-corrected chi connectivity index (χ4v) is 1.97. The number of rotatable bonds is 6. The molecule has 0 aliphatic rings. The SMILES string of the molecule is CC(=O)C[C@H](O)[C@H](C)COc1ccc2ccc(=O)oc2c1. The van der Waals surface area contributed by atoms with Crippen LogP contribution in [0.2, 0.25) is 0 Å². The molecule has 0 spiro atoms. The Bertz CT molecular complexity index is 688. The smallest absolute Gasteiger partial charge is 0.336 e. The number of hydrogen-bond acceptors (Lipinski definition) is 5. The van der Waals surface area contributed by atoms with E-state index >= 15 is 0 Å². The van der Waals surface area contributed by atoms with Gasteiger partial charge in [0.1, 0.15) is 17.1 Å². The molecule has 0 aliphatic heterocycles. The van der Waals surface area contributed by atoms with Gasteiger partial charge in [-0.25, -0.2) is 4.79 Å². The maximum absolute atomic E-state index is 11.2. The molecule has 1 aromatic carbocycles. The van der Waals surface area contributed by atoms with E-state index in [0.29, 0.717) is 11.3 Å². The standard InChI is InChI=1S/C16H18O5/c1-10(14(18)7-11(2)17)9-20-13-5-3-12-4-6-16(19)21-15(12)8-13/h3-6,8,10,14,18H,7,9H2,1-2H3/t10-,14+/m1/s1. The summed E-state index contributed by atoms with van der Waals surface area (Å²) in [7, 11) is 0.